The van der Waals surface area contributed by atoms with Gasteiger partial charge in [-0.25, -0.2) is 0 Å². The Morgan fingerprint density at radius 3 is 2.43 bits per heavy atom. The largest absolute Gasteiger partial charge is 0.493 e. The Kier molecular flexibility index (Phi) is 5.80. The van der Waals surface area contributed by atoms with Gasteiger partial charge in [0.1, 0.15) is 0 Å². The van der Waals surface area contributed by atoms with E-state index < -0.39 is 0 Å². The van der Waals surface area contributed by atoms with Crippen molar-refractivity contribution in [2.24, 2.45) is 0 Å². The maximum atomic E-state index is 12.0. The van der Waals surface area contributed by atoms with Crippen LogP contribution in [0.1, 0.15) is 18.1 Å². The number of methoxy groups -OCH3 is 2. The van der Waals surface area contributed by atoms with Gasteiger partial charge in [0.15, 0.2) is 11.5 Å². The average Bonchev–Trinajstić information content (AvgIpc) is 2.60. The fraction of sp³-hybridized carbons (Fsp3) is 0.211. The molecule has 0 saturated carbocycles. The normalized spacial score (nSPS) is 10.6. The molecule has 2 aromatic carbocycles. The molecule has 1 amide bonds. The van der Waals surface area contributed by atoms with E-state index in [0.717, 1.165) is 17.7 Å². The van der Waals surface area contributed by atoms with E-state index in [1.807, 2.05) is 42.5 Å². The molecule has 2 rings (SSSR count). The van der Waals surface area contributed by atoms with Gasteiger partial charge in [0, 0.05) is 17.3 Å². The topological polar surface area (TPSA) is 47.6 Å². The van der Waals surface area contributed by atoms with Crippen LogP contribution in [0, 0.1) is 0 Å². The fourth-order valence-electron chi connectivity index (χ4n) is 2.22. The van der Waals surface area contributed by atoms with E-state index in [4.69, 9.17) is 9.47 Å². The van der Waals surface area contributed by atoms with Crippen LogP contribution in [0.15, 0.2) is 48.5 Å². The number of carbonyl (C=O) groups excluding carboxylic acids is 1. The van der Waals surface area contributed by atoms with E-state index in [9.17, 15) is 4.79 Å². The molecule has 4 heteroatoms. The van der Waals surface area contributed by atoms with Crippen LogP contribution >= 0.6 is 0 Å². The minimum atomic E-state index is -0.195. The molecule has 23 heavy (non-hydrogen) atoms. The van der Waals surface area contributed by atoms with Crippen molar-refractivity contribution in [1.82, 2.24) is 0 Å². The number of anilines is 1. The van der Waals surface area contributed by atoms with Gasteiger partial charge in [0.25, 0.3) is 0 Å². The number of benzene rings is 2. The maximum Gasteiger partial charge on any atom is 0.248 e. The molecular formula is C19H21NO3. The first-order valence-corrected chi connectivity index (χ1v) is 7.47. The minimum Gasteiger partial charge on any atom is -0.493 e. The van der Waals surface area contributed by atoms with Crippen molar-refractivity contribution >= 4 is 17.7 Å². The van der Waals surface area contributed by atoms with E-state index in [1.165, 1.54) is 11.6 Å². The highest BCUT2D eigenvalue weighted by molar-refractivity contribution is 6.02. The summed E-state index contributed by atoms with van der Waals surface area (Å²) in [5, 5.41) is 2.83. The number of hydrogen-bond acceptors (Lipinski definition) is 3. The molecule has 2 aromatic rings. The molecule has 0 bridgehead atoms. The van der Waals surface area contributed by atoms with Crippen molar-refractivity contribution in [3.05, 3.63) is 59.7 Å². The van der Waals surface area contributed by atoms with Crippen molar-refractivity contribution in [1.29, 1.82) is 0 Å². The van der Waals surface area contributed by atoms with Crippen LogP contribution in [0.2, 0.25) is 0 Å². The molecule has 0 radical (unpaired) electrons. The Bertz CT molecular complexity index is 690. The molecule has 0 unspecified atom stereocenters. The monoisotopic (exact) mass is 311 g/mol. The van der Waals surface area contributed by atoms with Gasteiger partial charge in [-0.15, -0.1) is 0 Å². The number of aryl methyl sites for hydroxylation is 1. The average molecular weight is 311 g/mol. The quantitative estimate of drug-likeness (QED) is 0.823. The number of carbonyl (C=O) groups is 1. The van der Waals surface area contributed by atoms with E-state index in [2.05, 4.69) is 12.2 Å². The molecule has 0 heterocycles. The van der Waals surface area contributed by atoms with Crippen molar-refractivity contribution in [2.45, 2.75) is 13.3 Å². The molecule has 0 aliphatic rings. The molecule has 0 aromatic heterocycles. The zero-order valence-corrected chi connectivity index (χ0v) is 13.6. The first-order valence-electron chi connectivity index (χ1n) is 7.47. The Morgan fingerprint density at radius 1 is 1.09 bits per heavy atom. The summed E-state index contributed by atoms with van der Waals surface area (Å²) in [6.07, 6.45) is 4.16. The smallest absolute Gasteiger partial charge is 0.248 e. The number of amides is 1. The SMILES string of the molecule is CCc1ccc(NC(=O)/C=C/c2cccc(OC)c2OC)cc1. The lowest BCUT2D eigenvalue weighted by Crippen LogP contribution is -2.07. The Hall–Kier alpha value is -2.75. The summed E-state index contributed by atoms with van der Waals surface area (Å²) in [6, 6.07) is 13.3. The predicted octanol–water partition coefficient (Wildman–Crippen LogP) is 3.92. The van der Waals surface area contributed by atoms with Crippen LogP contribution in [-0.4, -0.2) is 20.1 Å². The van der Waals surface area contributed by atoms with Crippen molar-refractivity contribution in [3.63, 3.8) is 0 Å². The minimum absolute atomic E-state index is 0.195. The number of para-hydroxylation sites is 1. The molecule has 0 spiro atoms. The van der Waals surface area contributed by atoms with Crippen LogP contribution in [0.25, 0.3) is 6.08 Å². The third kappa shape index (κ3) is 4.36. The van der Waals surface area contributed by atoms with Gasteiger partial charge in [-0.05, 0) is 36.3 Å². The first kappa shape index (κ1) is 16.6. The molecule has 0 atom stereocenters. The highest BCUT2D eigenvalue weighted by atomic mass is 16.5. The van der Waals surface area contributed by atoms with Gasteiger partial charge >= 0.3 is 0 Å². The first-order chi connectivity index (χ1) is 11.2. The van der Waals surface area contributed by atoms with Gasteiger partial charge in [-0.1, -0.05) is 31.2 Å². The van der Waals surface area contributed by atoms with E-state index in [0.29, 0.717) is 11.5 Å². The second kappa shape index (κ2) is 8.03. The van der Waals surface area contributed by atoms with Crippen LogP contribution in [0.5, 0.6) is 11.5 Å². The van der Waals surface area contributed by atoms with Crippen LogP contribution < -0.4 is 14.8 Å². The molecule has 0 aliphatic heterocycles. The summed E-state index contributed by atoms with van der Waals surface area (Å²) in [5.74, 6) is 1.04. The van der Waals surface area contributed by atoms with E-state index >= 15 is 0 Å². The van der Waals surface area contributed by atoms with Crippen LogP contribution in [0.3, 0.4) is 0 Å². The predicted molar refractivity (Wildman–Crippen MR) is 93.0 cm³/mol. The Labute approximate surface area is 136 Å². The third-order valence-corrected chi connectivity index (χ3v) is 3.48. The van der Waals surface area contributed by atoms with Crippen molar-refractivity contribution in [3.8, 4) is 11.5 Å². The molecule has 1 N–H and O–H groups in total. The van der Waals surface area contributed by atoms with E-state index in [-0.39, 0.29) is 5.91 Å². The second-order valence-corrected chi connectivity index (χ2v) is 4.96. The summed E-state index contributed by atoms with van der Waals surface area (Å²) < 4.78 is 10.6. The molecule has 0 saturated heterocycles. The second-order valence-electron chi connectivity index (χ2n) is 4.96. The number of nitrogens with one attached hydrogen (secondary N) is 1. The Morgan fingerprint density at radius 2 is 1.83 bits per heavy atom. The molecule has 0 fully saturated rings. The third-order valence-electron chi connectivity index (χ3n) is 3.48. The molecule has 4 nitrogen and oxygen atoms in total. The number of hydrogen-bond donors (Lipinski definition) is 1. The van der Waals surface area contributed by atoms with Crippen molar-refractivity contribution in [2.75, 3.05) is 19.5 Å². The zero-order chi connectivity index (χ0) is 16.7. The van der Waals surface area contributed by atoms with Crippen LogP contribution in [0.4, 0.5) is 5.69 Å². The number of rotatable bonds is 6. The molecular weight excluding hydrogens is 290 g/mol. The van der Waals surface area contributed by atoms with Gasteiger partial charge in [0.05, 0.1) is 14.2 Å². The summed E-state index contributed by atoms with van der Waals surface area (Å²) in [6.45, 7) is 2.10. The van der Waals surface area contributed by atoms with Gasteiger partial charge in [-0.3, -0.25) is 4.79 Å². The van der Waals surface area contributed by atoms with E-state index in [1.54, 1.807) is 20.3 Å². The Balaban J connectivity index is 2.08. The lowest BCUT2D eigenvalue weighted by atomic mass is 10.1. The maximum absolute atomic E-state index is 12.0. The standard InChI is InChI=1S/C19H21NO3/c1-4-14-8-11-16(12-9-14)20-18(21)13-10-15-6-5-7-17(22-2)19(15)23-3/h5-13H,4H2,1-3H3,(H,20,21)/b13-10+. The lowest BCUT2D eigenvalue weighted by molar-refractivity contribution is -0.111. The number of ether oxygens (including phenoxy) is 2. The van der Waals surface area contributed by atoms with Gasteiger partial charge in [-0.2, -0.15) is 0 Å². The highest BCUT2D eigenvalue weighted by Crippen LogP contribution is 2.31. The summed E-state index contributed by atoms with van der Waals surface area (Å²) in [7, 11) is 3.16. The zero-order valence-electron chi connectivity index (χ0n) is 13.6. The van der Waals surface area contributed by atoms with Gasteiger partial charge in [0.2, 0.25) is 5.91 Å². The van der Waals surface area contributed by atoms with Crippen molar-refractivity contribution < 1.29 is 14.3 Å². The summed E-state index contributed by atoms with van der Waals surface area (Å²) in [4.78, 5) is 12.0. The molecule has 0 aliphatic carbocycles. The summed E-state index contributed by atoms with van der Waals surface area (Å²) in [5.41, 5.74) is 2.79. The fourth-order valence-corrected chi connectivity index (χ4v) is 2.22. The molecule has 120 valence electrons. The van der Waals surface area contributed by atoms with Gasteiger partial charge < -0.3 is 14.8 Å². The lowest BCUT2D eigenvalue weighted by Gasteiger charge is -2.09. The highest BCUT2D eigenvalue weighted by Gasteiger charge is 2.07. The summed E-state index contributed by atoms with van der Waals surface area (Å²) >= 11 is 0. The van der Waals surface area contributed by atoms with Crippen LogP contribution in [-0.2, 0) is 11.2 Å².